The van der Waals surface area contributed by atoms with E-state index in [2.05, 4.69) is 0 Å². The summed E-state index contributed by atoms with van der Waals surface area (Å²) in [5, 5.41) is 8.57. The Morgan fingerprint density at radius 2 is 1.32 bits per heavy atom. The van der Waals surface area contributed by atoms with Crippen molar-refractivity contribution < 1.29 is 14.3 Å². The van der Waals surface area contributed by atoms with Crippen LogP contribution in [0.1, 0.15) is 49.2 Å². The van der Waals surface area contributed by atoms with Crippen molar-refractivity contribution in [2.45, 2.75) is 41.5 Å². The van der Waals surface area contributed by atoms with Crippen LogP contribution in [0, 0.1) is 19.7 Å². The van der Waals surface area contributed by atoms with Gasteiger partial charge in [-0.15, -0.1) is 0 Å². The van der Waals surface area contributed by atoms with Crippen LogP contribution in [0.3, 0.4) is 0 Å². The largest absolute Gasteiger partial charge is 0.478 e. The Morgan fingerprint density at radius 1 is 0.786 bits per heavy atom. The molecule has 150 valence electrons. The minimum Gasteiger partial charge on any atom is -0.478 e. The highest BCUT2D eigenvalue weighted by atomic mass is 19.1. The number of hydrogen-bond acceptors (Lipinski definition) is 1. The third-order valence-corrected chi connectivity index (χ3v) is 3.58. The van der Waals surface area contributed by atoms with Crippen LogP contribution in [0.4, 0.5) is 4.39 Å². The minimum atomic E-state index is -0.863. The Bertz CT molecular complexity index is 827. The highest BCUT2D eigenvalue weighted by Gasteiger charge is 2.04. The molecule has 0 amide bonds. The number of aryl methyl sites for hydroxylation is 2. The lowest BCUT2D eigenvalue weighted by molar-refractivity contribution is 0.0696. The van der Waals surface area contributed by atoms with Crippen LogP contribution >= 0.6 is 0 Å². The van der Waals surface area contributed by atoms with E-state index in [-0.39, 0.29) is 5.82 Å². The van der Waals surface area contributed by atoms with Crippen LogP contribution in [0.5, 0.6) is 0 Å². The van der Waals surface area contributed by atoms with Gasteiger partial charge in [0.25, 0.3) is 0 Å². The fourth-order valence-electron chi connectivity index (χ4n) is 2.28. The molecule has 0 unspecified atom stereocenters. The predicted molar refractivity (Wildman–Crippen MR) is 117 cm³/mol. The Hall–Kier alpha value is -2.94. The second-order valence-corrected chi connectivity index (χ2v) is 5.47. The van der Waals surface area contributed by atoms with Crippen LogP contribution < -0.4 is 0 Å². The van der Waals surface area contributed by atoms with Gasteiger partial charge in [-0.3, -0.25) is 0 Å². The van der Waals surface area contributed by atoms with Gasteiger partial charge in [0.05, 0.1) is 5.56 Å². The van der Waals surface area contributed by atoms with Crippen LogP contribution in [0.2, 0.25) is 0 Å². The number of benzene rings is 3. The molecule has 0 saturated carbocycles. The van der Waals surface area contributed by atoms with Gasteiger partial charge < -0.3 is 5.11 Å². The molecule has 28 heavy (non-hydrogen) atoms. The van der Waals surface area contributed by atoms with Gasteiger partial charge in [0.15, 0.2) is 0 Å². The maximum absolute atomic E-state index is 13.5. The van der Waals surface area contributed by atoms with Gasteiger partial charge in [0.1, 0.15) is 5.82 Å². The quantitative estimate of drug-likeness (QED) is 0.497. The summed E-state index contributed by atoms with van der Waals surface area (Å²) in [5.41, 5.74) is 3.71. The van der Waals surface area contributed by atoms with E-state index in [4.69, 9.17) is 5.11 Å². The lowest BCUT2D eigenvalue weighted by atomic mass is 10.0. The Morgan fingerprint density at radius 3 is 1.79 bits per heavy atom. The molecule has 0 spiro atoms. The maximum atomic E-state index is 13.5. The smallest absolute Gasteiger partial charge is 0.335 e. The van der Waals surface area contributed by atoms with Gasteiger partial charge in [0.2, 0.25) is 0 Å². The summed E-state index contributed by atoms with van der Waals surface area (Å²) in [6, 6.07) is 21.8. The van der Waals surface area contributed by atoms with Gasteiger partial charge >= 0.3 is 5.97 Å². The van der Waals surface area contributed by atoms with E-state index < -0.39 is 5.97 Å². The first-order chi connectivity index (χ1) is 13.5. The van der Waals surface area contributed by atoms with E-state index in [1.165, 1.54) is 0 Å². The van der Waals surface area contributed by atoms with Gasteiger partial charge in [-0.25, -0.2) is 9.18 Å². The molecule has 0 aliphatic heterocycles. The monoisotopic (exact) mass is 382 g/mol. The fourth-order valence-corrected chi connectivity index (χ4v) is 2.28. The molecular formula is C25H31FO2. The molecule has 0 saturated heterocycles. The molecule has 0 aromatic heterocycles. The third-order valence-electron chi connectivity index (χ3n) is 3.58. The molecule has 0 atom stereocenters. The summed E-state index contributed by atoms with van der Waals surface area (Å²) in [4.78, 5) is 10.4. The molecule has 0 aliphatic rings. The second-order valence-electron chi connectivity index (χ2n) is 5.47. The number of carbonyl (C=O) groups is 1. The molecule has 0 heterocycles. The topological polar surface area (TPSA) is 37.3 Å². The third kappa shape index (κ3) is 8.17. The molecule has 3 rings (SSSR count). The van der Waals surface area contributed by atoms with Crippen molar-refractivity contribution in [3.8, 4) is 11.1 Å². The lowest BCUT2D eigenvalue weighted by Crippen LogP contribution is -1.97. The molecule has 3 aromatic carbocycles. The first kappa shape index (κ1) is 25.1. The van der Waals surface area contributed by atoms with Crippen LogP contribution in [0.25, 0.3) is 11.1 Å². The molecule has 0 bridgehead atoms. The zero-order valence-corrected chi connectivity index (χ0v) is 17.7. The van der Waals surface area contributed by atoms with Crippen LogP contribution in [0.15, 0.2) is 72.8 Å². The number of hydrogen-bond donors (Lipinski definition) is 1. The zero-order valence-electron chi connectivity index (χ0n) is 17.7. The van der Waals surface area contributed by atoms with E-state index in [1.807, 2.05) is 83.1 Å². The van der Waals surface area contributed by atoms with Crippen molar-refractivity contribution >= 4 is 5.97 Å². The number of aromatic carboxylic acids is 1. The maximum Gasteiger partial charge on any atom is 0.335 e. The summed E-state index contributed by atoms with van der Waals surface area (Å²) in [5.74, 6) is -1.02. The fraction of sp³-hybridized carbons (Fsp3) is 0.240. The summed E-state index contributed by atoms with van der Waals surface area (Å²) < 4.78 is 13.5. The van der Waals surface area contributed by atoms with E-state index in [0.29, 0.717) is 11.1 Å². The molecule has 1 N–H and O–H groups in total. The number of carboxylic acids is 1. The molecule has 0 aliphatic carbocycles. The van der Waals surface area contributed by atoms with Crippen molar-refractivity contribution in [1.82, 2.24) is 0 Å². The normalized spacial score (nSPS) is 8.82. The van der Waals surface area contributed by atoms with E-state index in [9.17, 15) is 9.18 Å². The first-order valence-electron chi connectivity index (χ1n) is 9.59. The van der Waals surface area contributed by atoms with Crippen LogP contribution in [-0.2, 0) is 0 Å². The van der Waals surface area contributed by atoms with Gasteiger partial charge in [-0.05, 0) is 42.7 Å². The summed E-state index contributed by atoms with van der Waals surface area (Å²) in [6.07, 6.45) is 0. The number of carboxylic acid groups (broad SMARTS) is 1. The standard InChI is InChI=1S/C13H11F.C8H8O2.2C2H6/c1-10-7-8-12(13(14)9-10)11-5-3-2-4-6-11;1-6-4-2-3-5-7(6)8(9)10;2*1-2/h2-9H,1H3;2-5H,1H3,(H,9,10);2*1-2H3. The van der Waals surface area contributed by atoms with Crippen molar-refractivity contribution in [3.63, 3.8) is 0 Å². The molecular weight excluding hydrogens is 351 g/mol. The average Bonchev–Trinajstić information content (AvgIpc) is 2.72. The molecule has 0 radical (unpaired) electrons. The van der Waals surface area contributed by atoms with E-state index in [1.54, 1.807) is 31.2 Å². The molecule has 3 heteroatoms. The van der Waals surface area contributed by atoms with Crippen molar-refractivity contribution in [2.24, 2.45) is 0 Å². The van der Waals surface area contributed by atoms with Crippen molar-refractivity contribution in [3.05, 3.63) is 95.3 Å². The summed E-state index contributed by atoms with van der Waals surface area (Å²) in [7, 11) is 0. The van der Waals surface area contributed by atoms with Gasteiger partial charge in [0, 0.05) is 5.56 Å². The molecule has 0 fully saturated rings. The average molecular weight is 383 g/mol. The predicted octanol–water partition coefficient (Wildman–Crippen LogP) is 7.55. The van der Waals surface area contributed by atoms with Gasteiger partial charge in [-0.1, -0.05) is 88.4 Å². The Labute approximate surface area is 168 Å². The highest BCUT2D eigenvalue weighted by molar-refractivity contribution is 5.89. The van der Waals surface area contributed by atoms with E-state index >= 15 is 0 Å². The van der Waals surface area contributed by atoms with E-state index in [0.717, 1.165) is 16.7 Å². The Kier molecular flexibility index (Phi) is 12.7. The lowest BCUT2D eigenvalue weighted by Gasteiger charge is -2.03. The number of rotatable bonds is 2. The summed E-state index contributed by atoms with van der Waals surface area (Å²) >= 11 is 0. The van der Waals surface area contributed by atoms with Gasteiger partial charge in [-0.2, -0.15) is 0 Å². The van der Waals surface area contributed by atoms with Crippen molar-refractivity contribution in [1.29, 1.82) is 0 Å². The Balaban J connectivity index is 0.000000460. The van der Waals surface area contributed by atoms with Crippen molar-refractivity contribution in [2.75, 3.05) is 0 Å². The highest BCUT2D eigenvalue weighted by Crippen LogP contribution is 2.22. The first-order valence-corrected chi connectivity index (χ1v) is 9.59. The minimum absolute atomic E-state index is 0.156. The molecule has 3 aromatic rings. The molecule has 2 nitrogen and oxygen atoms in total. The zero-order chi connectivity index (χ0) is 21.5. The second kappa shape index (κ2) is 14.2. The summed E-state index contributed by atoms with van der Waals surface area (Å²) in [6.45, 7) is 11.7. The van der Waals surface area contributed by atoms with Crippen LogP contribution in [-0.4, -0.2) is 11.1 Å². The SMILES string of the molecule is CC.CC.Cc1ccc(-c2ccccc2)c(F)c1.Cc1ccccc1C(=O)O. The number of halogens is 1.